The van der Waals surface area contributed by atoms with Gasteiger partial charge in [-0.15, -0.1) is 0 Å². The Morgan fingerprint density at radius 3 is 3.05 bits per heavy atom. The van der Waals surface area contributed by atoms with Crippen molar-refractivity contribution in [3.63, 3.8) is 0 Å². The highest BCUT2D eigenvalue weighted by Gasteiger charge is 2.25. The van der Waals surface area contributed by atoms with E-state index in [1.165, 1.54) is 4.90 Å². The Kier molecular flexibility index (Phi) is 5.58. The second-order valence-electron chi connectivity index (χ2n) is 4.35. The van der Waals surface area contributed by atoms with Crippen molar-refractivity contribution in [2.24, 2.45) is 0 Å². The number of hydrogen-bond donors (Lipinski definition) is 0. The number of ether oxygens (including phenoxy) is 3. The molecular formula is C11H17N3O4S2. The number of aromatic nitrogens is 2. The van der Waals surface area contributed by atoms with Crippen molar-refractivity contribution in [2.45, 2.75) is 30.9 Å². The lowest BCUT2D eigenvalue weighted by atomic mass is 10.4. The molecular weight excluding hydrogens is 302 g/mol. The molecule has 0 saturated carbocycles. The van der Waals surface area contributed by atoms with Gasteiger partial charge in [0.1, 0.15) is 12.7 Å². The van der Waals surface area contributed by atoms with Crippen LogP contribution in [-0.4, -0.2) is 59.2 Å². The molecule has 7 nitrogen and oxygen atoms in total. The zero-order valence-corrected chi connectivity index (χ0v) is 13.2. The number of carbonyl (C=O) groups excluding carboxylic acids is 1. The van der Waals surface area contributed by atoms with Crippen LogP contribution in [0.1, 0.15) is 13.3 Å². The van der Waals surface area contributed by atoms with Crippen molar-refractivity contribution < 1.29 is 19.0 Å². The first-order chi connectivity index (χ1) is 9.58. The number of thioether (sulfide) groups is 1. The van der Waals surface area contributed by atoms with Gasteiger partial charge < -0.3 is 19.1 Å². The Morgan fingerprint density at radius 2 is 2.40 bits per heavy atom. The summed E-state index contributed by atoms with van der Waals surface area (Å²) in [6, 6.07) is 0. The summed E-state index contributed by atoms with van der Waals surface area (Å²) in [7, 11) is 3.36. The third-order valence-electron chi connectivity index (χ3n) is 2.47. The first-order valence-electron chi connectivity index (χ1n) is 6.21. The number of amides is 1. The second-order valence-corrected chi connectivity index (χ2v) is 5.98. The van der Waals surface area contributed by atoms with Gasteiger partial charge in [-0.1, -0.05) is 6.92 Å². The van der Waals surface area contributed by atoms with E-state index in [2.05, 4.69) is 9.36 Å². The highest BCUT2D eigenvalue weighted by atomic mass is 32.2. The minimum atomic E-state index is -0.137. The van der Waals surface area contributed by atoms with Crippen LogP contribution in [0.4, 0.5) is 4.79 Å². The molecule has 2 rings (SSSR count). The van der Waals surface area contributed by atoms with Gasteiger partial charge in [-0.25, -0.2) is 0 Å². The van der Waals surface area contributed by atoms with Crippen LogP contribution in [-0.2, 0) is 9.47 Å². The van der Waals surface area contributed by atoms with Crippen molar-refractivity contribution in [3.8, 4) is 5.19 Å². The zero-order chi connectivity index (χ0) is 14.5. The number of hydrogen-bond acceptors (Lipinski definition) is 8. The molecule has 1 aliphatic heterocycles. The van der Waals surface area contributed by atoms with Gasteiger partial charge in [0.25, 0.3) is 10.4 Å². The number of carbonyl (C=O) groups is 1. The van der Waals surface area contributed by atoms with Gasteiger partial charge in [0.2, 0.25) is 5.16 Å². The summed E-state index contributed by atoms with van der Waals surface area (Å²) in [6.07, 6.45) is 0.605. The van der Waals surface area contributed by atoms with Crippen molar-refractivity contribution in [1.82, 2.24) is 14.3 Å². The Labute approximate surface area is 125 Å². The van der Waals surface area contributed by atoms with Crippen LogP contribution in [0.15, 0.2) is 5.16 Å². The average Bonchev–Trinajstić information content (AvgIpc) is 3.04. The average molecular weight is 319 g/mol. The summed E-state index contributed by atoms with van der Waals surface area (Å²) < 4.78 is 20.5. The van der Waals surface area contributed by atoms with Crippen LogP contribution in [0.5, 0.6) is 5.19 Å². The molecule has 0 aliphatic carbocycles. The first kappa shape index (κ1) is 15.5. The normalized spacial score (nSPS) is 21.9. The summed E-state index contributed by atoms with van der Waals surface area (Å²) in [5.41, 5.74) is 0. The molecule has 1 aromatic heterocycles. The van der Waals surface area contributed by atoms with Crippen molar-refractivity contribution >= 4 is 28.5 Å². The van der Waals surface area contributed by atoms with E-state index in [4.69, 9.17) is 14.2 Å². The Hall–Kier alpha value is -0.900. The minimum Gasteiger partial charge on any atom is -0.466 e. The molecule has 0 radical (unpaired) electrons. The molecule has 1 aliphatic rings. The van der Waals surface area contributed by atoms with E-state index < -0.39 is 0 Å². The van der Waals surface area contributed by atoms with E-state index in [1.807, 2.05) is 6.92 Å². The van der Waals surface area contributed by atoms with Gasteiger partial charge in [0.15, 0.2) is 6.29 Å². The maximum atomic E-state index is 11.5. The molecule has 20 heavy (non-hydrogen) atoms. The van der Waals surface area contributed by atoms with E-state index >= 15 is 0 Å². The monoisotopic (exact) mass is 319 g/mol. The summed E-state index contributed by atoms with van der Waals surface area (Å²) in [4.78, 5) is 17.1. The van der Waals surface area contributed by atoms with Crippen LogP contribution in [0.2, 0.25) is 0 Å². The van der Waals surface area contributed by atoms with E-state index in [1.54, 1.807) is 14.1 Å². The van der Waals surface area contributed by atoms with E-state index in [9.17, 15) is 4.79 Å². The molecule has 112 valence electrons. The highest BCUT2D eigenvalue weighted by molar-refractivity contribution is 8.13. The van der Waals surface area contributed by atoms with Crippen LogP contribution in [0.3, 0.4) is 0 Å². The maximum Gasteiger partial charge on any atom is 0.294 e. The van der Waals surface area contributed by atoms with Gasteiger partial charge in [-0.05, 0) is 6.42 Å². The summed E-state index contributed by atoms with van der Waals surface area (Å²) >= 11 is 2.10. The van der Waals surface area contributed by atoms with Crippen LogP contribution in [0, 0.1) is 0 Å². The second kappa shape index (κ2) is 7.21. The smallest absolute Gasteiger partial charge is 0.294 e. The summed E-state index contributed by atoms with van der Waals surface area (Å²) in [6.45, 7) is 2.90. The third-order valence-corrected chi connectivity index (χ3v) is 4.12. The summed E-state index contributed by atoms with van der Waals surface area (Å²) in [5, 5.41) is 0.717. The fourth-order valence-electron chi connectivity index (χ4n) is 1.44. The van der Waals surface area contributed by atoms with E-state index in [0.717, 1.165) is 29.7 Å². The van der Waals surface area contributed by atoms with Crippen molar-refractivity contribution in [2.75, 3.05) is 27.3 Å². The Bertz CT molecular complexity index is 455. The minimum absolute atomic E-state index is 0.0802. The van der Waals surface area contributed by atoms with Gasteiger partial charge in [0.05, 0.1) is 6.61 Å². The SMILES string of the molecule is CCC1OCC(COc2nc(SC(=O)N(C)C)ns2)O1. The van der Waals surface area contributed by atoms with Crippen molar-refractivity contribution in [1.29, 1.82) is 0 Å². The molecule has 1 saturated heterocycles. The molecule has 1 aromatic rings. The molecule has 0 aromatic carbocycles. The quantitative estimate of drug-likeness (QED) is 0.767. The van der Waals surface area contributed by atoms with E-state index in [0.29, 0.717) is 23.6 Å². The van der Waals surface area contributed by atoms with E-state index in [-0.39, 0.29) is 17.6 Å². The van der Waals surface area contributed by atoms with Crippen LogP contribution >= 0.6 is 23.3 Å². The predicted octanol–water partition coefficient (Wildman–Crippen LogP) is 1.84. The lowest BCUT2D eigenvalue weighted by Gasteiger charge is -2.09. The van der Waals surface area contributed by atoms with Gasteiger partial charge in [-0.2, -0.15) is 9.36 Å². The fraction of sp³-hybridized carbons (Fsp3) is 0.727. The third kappa shape index (κ3) is 4.30. The first-order valence-corrected chi connectivity index (χ1v) is 7.80. The molecule has 1 amide bonds. The number of nitrogens with zero attached hydrogens (tertiary/aromatic N) is 3. The number of rotatable bonds is 5. The molecule has 2 unspecified atom stereocenters. The van der Waals surface area contributed by atoms with Gasteiger partial charge >= 0.3 is 0 Å². The summed E-state index contributed by atoms with van der Waals surface area (Å²) in [5.74, 6) is 0. The van der Waals surface area contributed by atoms with Crippen LogP contribution < -0.4 is 4.74 Å². The Morgan fingerprint density at radius 1 is 1.60 bits per heavy atom. The molecule has 1 fully saturated rings. The molecule has 0 N–H and O–H groups in total. The topological polar surface area (TPSA) is 73.8 Å². The van der Waals surface area contributed by atoms with Gasteiger partial charge in [0, 0.05) is 37.4 Å². The molecule has 2 atom stereocenters. The molecule has 9 heteroatoms. The van der Waals surface area contributed by atoms with Gasteiger partial charge in [-0.3, -0.25) is 4.79 Å². The zero-order valence-electron chi connectivity index (χ0n) is 11.6. The standard InChI is InChI=1S/C11H17N3O4S2/c1-4-8-16-5-7(18-8)6-17-10-12-9(13-20-10)19-11(15)14(2)3/h7-8H,4-6H2,1-3H3. The Balaban J connectivity index is 1.77. The predicted molar refractivity (Wildman–Crippen MR) is 75.2 cm³/mol. The van der Waals surface area contributed by atoms with Crippen LogP contribution in [0.25, 0.3) is 0 Å². The molecule has 0 bridgehead atoms. The maximum absolute atomic E-state index is 11.5. The highest BCUT2D eigenvalue weighted by Crippen LogP contribution is 2.24. The van der Waals surface area contributed by atoms with Crippen molar-refractivity contribution in [3.05, 3.63) is 0 Å². The largest absolute Gasteiger partial charge is 0.466 e. The molecule has 2 heterocycles. The lowest BCUT2D eigenvalue weighted by Crippen LogP contribution is -2.20. The lowest BCUT2D eigenvalue weighted by molar-refractivity contribution is -0.0643. The molecule has 0 spiro atoms. The fourth-order valence-corrected chi connectivity index (χ4v) is 2.67.